The lowest BCUT2D eigenvalue weighted by molar-refractivity contribution is 0.0663. The lowest BCUT2D eigenvalue weighted by atomic mass is 9.84. The number of Topliss-reactive ketones (excluding diaryl/α,β-unsaturated/α-hetero) is 1. The van der Waals surface area contributed by atoms with Crippen LogP contribution in [0.25, 0.3) is 22.4 Å². The van der Waals surface area contributed by atoms with E-state index in [-0.39, 0.29) is 11.9 Å². The quantitative estimate of drug-likeness (QED) is 0.385. The van der Waals surface area contributed by atoms with Crippen LogP contribution >= 0.6 is 23.2 Å². The average Bonchev–Trinajstić information content (AvgIpc) is 3.43. The van der Waals surface area contributed by atoms with Crippen molar-refractivity contribution in [2.75, 3.05) is 0 Å². The van der Waals surface area contributed by atoms with Gasteiger partial charge in [0, 0.05) is 33.5 Å². The number of allylic oxidation sites excluding steroid dienone is 2. The predicted octanol–water partition coefficient (Wildman–Crippen LogP) is 7.27. The molecule has 0 spiro atoms. The molecule has 3 aliphatic rings. The minimum Gasteiger partial charge on any atom is -0.473 e. The normalized spacial score (nSPS) is 25.6. The van der Waals surface area contributed by atoms with Crippen molar-refractivity contribution in [3.63, 3.8) is 0 Å². The Morgan fingerprint density at radius 2 is 1.72 bits per heavy atom. The zero-order chi connectivity index (χ0) is 21.8. The molecule has 0 radical (unpaired) electrons. The molecule has 2 heterocycles. The van der Waals surface area contributed by atoms with Crippen molar-refractivity contribution in [1.82, 2.24) is 4.98 Å². The smallest absolute Gasteiger partial charge is 0.225 e. The number of nitrogens with zero attached hydrogens (tertiary/aromatic N) is 1. The summed E-state index contributed by atoms with van der Waals surface area (Å²) in [6.07, 6.45) is 7.17. The molecular weight excluding hydrogens is 441 g/mol. The Kier molecular flexibility index (Phi) is 4.85. The summed E-state index contributed by atoms with van der Waals surface area (Å²) in [7, 11) is 0. The molecule has 32 heavy (non-hydrogen) atoms. The number of benzene rings is 2. The SMILES string of the molecule is O=C1CC(C2CC3C=CC2C3)Oc2nc(-c3ccccc3Cl)c(-c3ccc(Cl)cc3)cc21. The Bertz CT molecular complexity index is 1250. The van der Waals surface area contributed by atoms with Crippen LogP contribution in [0.1, 0.15) is 29.6 Å². The van der Waals surface area contributed by atoms with Crippen LogP contribution in [-0.4, -0.2) is 16.9 Å². The highest BCUT2D eigenvalue weighted by molar-refractivity contribution is 6.33. The number of aromatic nitrogens is 1. The summed E-state index contributed by atoms with van der Waals surface area (Å²) in [6, 6.07) is 17.1. The molecule has 6 rings (SSSR count). The summed E-state index contributed by atoms with van der Waals surface area (Å²) in [5.41, 5.74) is 3.82. The van der Waals surface area contributed by atoms with Gasteiger partial charge in [-0.2, -0.15) is 0 Å². The molecule has 1 aromatic heterocycles. The number of carbonyl (C=O) groups is 1. The number of halogens is 2. The standard InChI is InChI=1S/C27H21Cl2NO2/c28-18-9-7-16(8-10-18)21-13-22-24(31)14-25(20-12-15-5-6-17(20)11-15)32-27(22)30-26(21)19-3-1-2-4-23(19)29/h1-10,13,15,17,20,25H,11-12,14H2. The van der Waals surface area contributed by atoms with Crippen LogP contribution in [0.3, 0.4) is 0 Å². The molecule has 5 heteroatoms. The van der Waals surface area contributed by atoms with Crippen molar-refractivity contribution in [3.05, 3.63) is 82.4 Å². The van der Waals surface area contributed by atoms with Crippen LogP contribution < -0.4 is 4.74 Å². The van der Waals surface area contributed by atoms with Crippen molar-refractivity contribution >= 4 is 29.0 Å². The van der Waals surface area contributed by atoms with Crippen LogP contribution in [-0.2, 0) is 0 Å². The molecule has 2 aromatic carbocycles. The number of ketones is 1. The van der Waals surface area contributed by atoms with Gasteiger partial charge in [-0.05, 0) is 54.5 Å². The number of pyridine rings is 1. The van der Waals surface area contributed by atoms with Crippen LogP contribution in [0.2, 0.25) is 10.0 Å². The van der Waals surface area contributed by atoms with Crippen LogP contribution in [0, 0.1) is 17.8 Å². The Morgan fingerprint density at radius 3 is 2.44 bits per heavy atom. The van der Waals surface area contributed by atoms with E-state index in [0.29, 0.717) is 51.4 Å². The maximum atomic E-state index is 13.2. The Morgan fingerprint density at radius 1 is 0.906 bits per heavy atom. The van der Waals surface area contributed by atoms with E-state index in [1.807, 2.05) is 54.6 Å². The summed E-state index contributed by atoms with van der Waals surface area (Å²) >= 11 is 12.7. The Balaban J connectivity index is 1.47. The molecule has 2 bridgehead atoms. The predicted molar refractivity (Wildman–Crippen MR) is 127 cm³/mol. The van der Waals surface area contributed by atoms with Gasteiger partial charge in [-0.25, -0.2) is 4.98 Å². The first-order valence-electron chi connectivity index (χ1n) is 11.0. The third kappa shape index (κ3) is 3.35. The number of hydrogen-bond acceptors (Lipinski definition) is 3. The molecule has 0 amide bonds. The number of hydrogen-bond donors (Lipinski definition) is 0. The summed E-state index contributed by atoms with van der Waals surface area (Å²) < 4.78 is 6.42. The third-order valence-corrected chi connectivity index (χ3v) is 7.61. The van der Waals surface area contributed by atoms with Crippen LogP contribution in [0.4, 0.5) is 0 Å². The number of ether oxygens (including phenoxy) is 1. The molecule has 1 aliphatic heterocycles. The molecule has 2 aliphatic carbocycles. The van der Waals surface area contributed by atoms with Gasteiger partial charge in [0.25, 0.3) is 0 Å². The minimum atomic E-state index is -0.122. The minimum absolute atomic E-state index is 0.0939. The van der Waals surface area contributed by atoms with Crippen molar-refractivity contribution in [3.8, 4) is 28.3 Å². The maximum Gasteiger partial charge on any atom is 0.225 e. The van der Waals surface area contributed by atoms with Crippen LogP contribution in [0.5, 0.6) is 5.88 Å². The lowest BCUT2D eigenvalue weighted by Gasteiger charge is -2.32. The van der Waals surface area contributed by atoms with Crippen molar-refractivity contribution < 1.29 is 9.53 Å². The van der Waals surface area contributed by atoms with Gasteiger partial charge in [0.2, 0.25) is 5.88 Å². The number of rotatable bonds is 3. The molecule has 3 aromatic rings. The lowest BCUT2D eigenvalue weighted by Crippen LogP contribution is -2.36. The zero-order valence-corrected chi connectivity index (χ0v) is 18.8. The molecule has 1 saturated carbocycles. The molecule has 0 saturated heterocycles. The van der Waals surface area contributed by atoms with Gasteiger partial charge in [0.1, 0.15) is 6.10 Å². The van der Waals surface area contributed by atoms with Gasteiger partial charge in [-0.3, -0.25) is 4.79 Å². The Hall–Kier alpha value is -2.62. The van der Waals surface area contributed by atoms with Gasteiger partial charge in [0.15, 0.2) is 5.78 Å². The largest absolute Gasteiger partial charge is 0.473 e. The van der Waals surface area contributed by atoms with E-state index >= 15 is 0 Å². The second kappa shape index (κ2) is 7.75. The van der Waals surface area contributed by atoms with E-state index in [4.69, 9.17) is 32.9 Å². The number of carbonyl (C=O) groups excluding carboxylic acids is 1. The second-order valence-corrected chi connectivity index (χ2v) is 9.80. The van der Waals surface area contributed by atoms with Gasteiger partial charge in [-0.15, -0.1) is 0 Å². The summed E-state index contributed by atoms with van der Waals surface area (Å²) in [4.78, 5) is 18.1. The summed E-state index contributed by atoms with van der Waals surface area (Å²) in [5.74, 6) is 2.03. The molecular formula is C27H21Cl2NO2. The highest BCUT2D eigenvalue weighted by Crippen LogP contribution is 2.48. The van der Waals surface area contributed by atoms with E-state index in [2.05, 4.69) is 12.2 Å². The number of fused-ring (bicyclic) bond motifs is 3. The molecule has 3 nitrogen and oxygen atoms in total. The van der Waals surface area contributed by atoms with E-state index in [0.717, 1.165) is 23.1 Å². The average molecular weight is 462 g/mol. The van der Waals surface area contributed by atoms with Gasteiger partial charge in [0.05, 0.1) is 11.3 Å². The first-order chi connectivity index (χ1) is 15.6. The van der Waals surface area contributed by atoms with Crippen molar-refractivity contribution in [2.45, 2.75) is 25.4 Å². The summed E-state index contributed by atoms with van der Waals surface area (Å²) in [5, 5.41) is 1.26. The second-order valence-electron chi connectivity index (χ2n) is 8.95. The molecule has 1 fully saturated rings. The highest BCUT2D eigenvalue weighted by Gasteiger charge is 2.44. The fraction of sp³-hybridized carbons (Fsp3) is 0.259. The molecule has 4 unspecified atom stereocenters. The van der Waals surface area contributed by atoms with E-state index in [1.165, 1.54) is 6.42 Å². The van der Waals surface area contributed by atoms with Gasteiger partial charge in [-0.1, -0.05) is 65.7 Å². The fourth-order valence-electron chi connectivity index (χ4n) is 5.46. The third-order valence-electron chi connectivity index (χ3n) is 7.03. The molecule has 4 atom stereocenters. The van der Waals surface area contributed by atoms with E-state index in [9.17, 15) is 4.79 Å². The first-order valence-corrected chi connectivity index (χ1v) is 11.8. The molecule has 0 N–H and O–H groups in total. The topological polar surface area (TPSA) is 39.2 Å². The van der Waals surface area contributed by atoms with E-state index < -0.39 is 0 Å². The summed E-state index contributed by atoms with van der Waals surface area (Å²) in [6.45, 7) is 0. The maximum absolute atomic E-state index is 13.2. The van der Waals surface area contributed by atoms with Crippen LogP contribution in [0.15, 0.2) is 66.7 Å². The first kappa shape index (κ1) is 20.0. The van der Waals surface area contributed by atoms with Gasteiger partial charge >= 0.3 is 0 Å². The van der Waals surface area contributed by atoms with Gasteiger partial charge < -0.3 is 4.74 Å². The van der Waals surface area contributed by atoms with Crippen molar-refractivity contribution in [1.29, 1.82) is 0 Å². The fourth-order valence-corrected chi connectivity index (χ4v) is 5.81. The molecule has 160 valence electrons. The highest BCUT2D eigenvalue weighted by atomic mass is 35.5. The zero-order valence-electron chi connectivity index (χ0n) is 17.3. The van der Waals surface area contributed by atoms with Crippen molar-refractivity contribution in [2.24, 2.45) is 17.8 Å². The van der Waals surface area contributed by atoms with E-state index in [1.54, 1.807) is 0 Å². The Labute approximate surface area is 197 Å². The monoisotopic (exact) mass is 461 g/mol.